The standard InChI is InChI=1S/C14H19N3OS/c1-18-12-4-2-3-11(9-12)17-13(15)16-10-14(17)5-7-19-8-6-14/h2-4,9H,5-8,10H2,1H3,(H2,15,16). The summed E-state index contributed by atoms with van der Waals surface area (Å²) in [5.74, 6) is 3.87. The van der Waals surface area contributed by atoms with Crippen LogP contribution in [0.15, 0.2) is 29.3 Å². The van der Waals surface area contributed by atoms with E-state index in [0.29, 0.717) is 5.96 Å². The van der Waals surface area contributed by atoms with Gasteiger partial charge in [0.1, 0.15) is 5.75 Å². The third-order valence-corrected chi connectivity index (χ3v) is 4.96. The molecule has 0 aliphatic carbocycles. The Bertz CT molecular complexity index is 497. The maximum Gasteiger partial charge on any atom is 0.196 e. The van der Waals surface area contributed by atoms with Gasteiger partial charge in [-0.2, -0.15) is 11.8 Å². The number of nitrogens with zero attached hydrogens (tertiary/aromatic N) is 2. The lowest BCUT2D eigenvalue weighted by atomic mass is 9.90. The zero-order valence-electron chi connectivity index (χ0n) is 11.1. The van der Waals surface area contributed by atoms with Crippen LogP contribution in [0.4, 0.5) is 5.69 Å². The molecule has 1 fully saturated rings. The quantitative estimate of drug-likeness (QED) is 0.899. The van der Waals surface area contributed by atoms with Crippen molar-refractivity contribution in [2.24, 2.45) is 10.7 Å². The van der Waals surface area contributed by atoms with Crippen molar-refractivity contribution >= 4 is 23.4 Å². The monoisotopic (exact) mass is 277 g/mol. The first-order valence-corrected chi connectivity index (χ1v) is 7.73. The van der Waals surface area contributed by atoms with Crippen LogP contribution in [0, 0.1) is 0 Å². The minimum atomic E-state index is 0.0850. The molecule has 1 spiro atoms. The predicted molar refractivity (Wildman–Crippen MR) is 81.3 cm³/mol. The van der Waals surface area contributed by atoms with Gasteiger partial charge >= 0.3 is 0 Å². The van der Waals surface area contributed by atoms with E-state index in [1.54, 1.807) is 7.11 Å². The molecular formula is C14H19N3OS. The van der Waals surface area contributed by atoms with Crippen LogP contribution in [0.5, 0.6) is 5.75 Å². The number of anilines is 1. The van der Waals surface area contributed by atoms with Gasteiger partial charge < -0.3 is 15.4 Å². The molecule has 2 N–H and O–H groups in total. The molecule has 2 heterocycles. The van der Waals surface area contributed by atoms with Gasteiger partial charge in [-0.25, -0.2) is 0 Å². The second kappa shape index (κ2) is 4.96. The second-order valence-corrected chi connectivity index (χ2v) is 6.27. The molecule has 0 bridgehead atoms. The highest BCUT2D eigenvalue weighted by Crippen LogP contribution is 2.39. The van der Waals surface area contributed by atoms with Crippen molar-refractivity contribution < 1.29 is 4.74 Å². The highest BCUT2D eigenvalue weighted by molar-refractivity contribution is 7.99. The Morgan fingerprint density at radius 3 is 2.89 bits per heavy atom. The van der Waals surface area contributed by atoms with E-state index in [1.807, 2.05) is 30.0 Å². The summed E-state index contributed by atoms with van der Waals surface area (Å²) >= 11 is 2.02. The average molecular weight is 277 g/mol. The van der Waals surface area contributed by atoms with Crippen LogP contribution in [0.3, 0.4) is 0 Å². The molecule has 2 aliphatic rings. The molecule has 0 amide bonds. The van der Waals surface area contributed by atoms with Crippen LogP contribution in [0.2, 0.25) is 0 Å². The second-order valence-electron chi connectivity index (χ2n) is 5.05. The van der Waals surface area contributed by atoms with Gasteiger partial charge in [0.2, 0.25) is 0 Å². The van der Waals surface area contributed by atoms with Gasteiger partial charge in [0.25, 0.3) is 0 Å². The molecule has 5 heteroatoms. The van der Waals surface area contributed by atoms with Crippen LogP contribution in [-0.4, -0.2) is 36.7 Å². The molecule has 0 saturated carbocycles. The number of benzene rings is 1. The molecule has 0 unspecified atom stereocenters. The van der Waals surface area contributed by atoms with Gasteiger partial charge in [0.15, 0.2) is 5.96 Å². The summed E-state index contributed by atoms with van der Waals surface area (Å²) in [6.45, 7) is 0.816. The number of guanidine groups is 1. The molecular weight excluding hydrogens is 258 g/mol. The first-order valence-electron chi connectivity index (χ1n) is 6.57. The van der Waals surface area contributed by atoms with Crippen molar-refractivity contribution in [3.05, 3.63) is 24.3 Å². The molecule has 0 radical (unpaired) electrons. The Morgan fingerprint density at radius 1 is 1.37 bits per heavy atom. The van der Waals surface area contributed by atoms with Crippen molar-refractivity contribution in [3.63, 3.8) is 0 Å². The zero-order valence-corrected chi connectivity index (χ0v) is 11.9. The molecule has 1 aromatic carbocycles. The maximum absolute atomic E-state index is 6.14. The van der Waals surface area contributed by atoms with Gasteiger partial charge in [-0.05, 0) is 36.5 Å². The van der Waals surface area contributed by atoms with Crippen molar-refractivity contribution in [1.82, 2.24) is 0 Å². The number of aliphatic imine (C=N–C) groups is 1. The van der Waals surface area contributed by atoms with E-state index in [2.05, 4.69) is 16.0 Å². The smallest absolute Gasteiger partial charge is 0.196 e. The van der Waals surface area contributed by atoms with Gasteiger partial charge in [-0.3, -0.25) is 4.99 Å². The summed E-state index contributed by atoms with van der Waals surface area (Å²) in [6.07, 6.45) is 2.28. The van der Waals surface area contributed by atoms with Crippen LogP contribution in [-0.2, 0) is 0 Å². The number of nitrogens with two attached hydrogens (primary N) is 1. The molecule has 2 aliphatic heterocycles. The SMILES string of the molecule is COc1cccc(N2C(N)=NCC23CCSCC3)c1. The summed E-state index contributed by atoms with van der Waals surface area (Å²) in [5.41, 5.74) is 7.31. The molecule has 1 aromatic rings. The fraction of sp³-hybridized carbons (Fsp3) is 0.500. The van der Waals surface area contributed by atoms with Gasteiger partial charge in [-0.15, -0.1) is 0 Å². The van der Waals surface area contributed by atoms with Gasteiger partial charge in [0, 0.05) is 11.8 Å². The van der Waals surface area contributed by atoms with Crippen LogP contribution < -0.4 is 15.4 Å². The fourth-order valence-electron chi connectivity index (χ4n) is 2.90. The largest absolute Gasteiger partial charge is 0.497 e. The summed E-state index contributed by atoms with van der Waals surface area (Å²) in [4.78, 5) is 6.71. The van der Waals surface area contributed by atoms with Crippen LogP contribution >= 0.6 is 11.8 Å². The lowest BCUT2D eigenvalue weighted by molar-refractivity contribution is 0.411. The number of hydrogen-bond acceptors (Lipinski definition) is 5. The van der Waals surface area contributed by atoms with Crippen LogP contribution in [0.25, 0.3) is 0 Å². The molecule has 19 heavy (non-hydrogen) atoms. The molecule has 1 saturated heterocycles. The number of ether oxygens (including phenoxy) is 1. The van der Waals surface area contributed by atoms with E-state index in [0.717, 1.165) is 30.8 Å². The van der Waals surface area contributed by atoms with E-state index >= 15 is 0 Å². The van der Waals surface area contributed by atoms with E-state index in [9.17, 15) is 0 Å². The van der Waals surface area contributed by atoms with Crippen molar-refractivity contribution in [3.8, 4) is 5.75 Å². The van der Waals surface area contributed by atoms with E-state index in [1.165, 1.54) is 11.5 Å². The zero-order chi connectivity index (χ0) is 13.3. The van der Waals surface area contributed by atoms with E-state index < -0.39 is 0 Å². The Kier molecular flexibility index (Phi) is 3.31. The molecule has 3 rings (SSSR count). The summed E-state index contributed by atoms with van der Waals surface area (Å²) in [6, 6.07) is 8.08. The van der Waals surface area contributed by atoms with Crippen molar-refractivity contribution in [2.45, 2.75) is 18.4 Å². The Morgan fingerprint density at radius 2 is 2.16 bits per heavy atom. The van der Waals surface area contributed by atoms with Gasteiger partial charge in [-0.1, -0.05) is 6.07 Å². The lowest BCUT2D eigenvalue weighted by Crippen LogP contribution is -2.54. The molecule has 0 aromatic heterocycles. The highest BCUT2D eigenvalue weighted by atomic mass is 32.2. The van der Waals surface area contributed by atoms with Crippen molar-refractivity contribution in [1.29, 1.82) is 0 Å². The Labute approximate surface area is 118 Å². The predicted octanol–water partition coefficient (Wildman–Crippen LogP) is 2.10. The Balaban J connectivity index is 1.97. The number of rotatable bonds is 2. The summed E-state index contributed by atoms with van der Waals surface area (Å²) in [5, 5.41) is 0. The average Bonchev–Trinajstić information content (AvgIpc) is 2.76. The third kappa shape index (κ3) is 2.16. The third-order valence-electron chi connectivity index (χ3n) is 3.97. The Hall–Kier alpha value is -1.36. The highest BCUT2D eigenvalue weighted by Gasteiger charge is 2.43. The molecule has 102 valence electrons. The molecule has 0 atom stereocenters. The number of methoxy groups -OCH3 is 1. The fourth-order valence-corrected chi connectivity index (χ4v) is 4.15. The maximum atomic E-state index is 6.14. The van der Waals surface area contributed by atoms with Gasteiger partial charge in [0.05, 0.1) is 19.2 Å². The number of hydrogen-bond donors (Lipinski definition) is 1. The summed E-state index contributed by atoms with van der Waals surface area (Å²) in [7, 11) is 1.69. The van der Waals surface area contributed by atoms with Crippen LogP contribution in [0.1, 0.15) is 12.8 Å². The van der Waals surface area contributed by atoms with Crippen molar-refractivity contribution in [2.75, 3.05) is 30.1 Å². The lowest BCUT2D eigenvalue weighted by Gasteiger charge is -2.41. The van der Waals surface area contributed by atoms with E-state index in [-0.39, 0.29) is 5.54 Å². The minimum absolute atomic E-state index is 0.0850. The number of thioether (sulfide) groups is 1. The first-order chi connectivity index (χ1) is 9.25. The first kappa shape index (κ1) is 12.7. The summed E-state index contributed by atoms with van der Waals surface area (Å²) < 4.78 is 5.31. The minimum Gasteiger partial charge on any atom is -0.497 e. The topological polar surface area (TPSA) is 50.9 Å². The normalized spacial score (nSPS) is 21.5. The molecule has 4 nitrogen and oxygen atoms in total. The van der Waals surface area contributed by atoms with E-state index in [4.69, 9.17) is 10.5 Å².